The maximum Gasteiger partial charge on any atom is 0.362 e. The van der Waals surface area contributed by atoms with Crippen molar-refractivity contribution in [3.63, 3.8) is 0 Å². The number of ether oxygens (including phenoxy) is 3. The van der Waals surface area contributed by atoms with Crippen molar-refractivity contribution in [3.8, 4) is 0 Å². The highest BCUT2D eigenvalue weighted by molar-refractivity contribution is 5.72. The number of esters is 2. The summed E-state index contributed by atoms with van der Waals surface area (Å²) >= 11 is 0. The van der Waals surface area contributed by atoms with Crippen LogP contribution in [0.1, 0.15) is 168 Å². The van der Waals surface area contributed by atoms with Crippen LogP contribution in [0.3, 0.4) is 0 Å². The zero-order chi connectivity index (χ0) is 39.3. The molecule has 0 rings (SSSR count). The van der Waals surface area contributed by atoms with Crippen LogP contribution in [0.5, 0.6) is 0 Å². The van der Waals surface area contributed by atoms with Crippen molar-refractivity contribution in [1.82, 2.24) is 0 Å². The van der Waals surface area contributed by atoms with Gasteiger partial charge in [-0.25, -0.2) is 4.79 Å². The van der Waals surface area contributed by atoms with Gasteiger partial charge in [0.2, 0.25) is 0 Å². The third-order valence-corrected chi connectivity index (χ3v) is 9.25. The van der Waals surface area contributed by atoms with Crippen LogP contribution < -0.4 is 0 Å². The molecule has 2 atom stereocenters. The van der Waals surface area contributed by atoms with Gasteiger partial charge in [-0.2, -0.15) is 0 Å². The zero-order valence-corrected chi connectivity index (χ0v) is 34.7. The fraction of sp³-hybridized carbons (Fsp3) is 0.756. The number of nitrogens with zero attached hydrogens (tertiary/aromatic N) is 1. The number of carboxylic acids is 1. The Morgan fingerprint density at radius 1 is 0.604 bits per heavy atom. The van der Waals surface area contributed by atoms with Crippen molar-refractivity contribution in [1.29, 1.82) is 0 Å². The molecule has 0 amide bonds. The van der Waals surface area contributed by atoms with Crippen LogP contribution >= 0.6 is 0 Å². The molecule has 0 aliphatic carbocycles. The first-order valence-corrected chi connectivity index (χ1v) is 21.2. The number of carbonyl (C=O) groups excluding carboxylic acids is 2. The molecule has 53 heavy (non-hydrogen) atoms. The summed E-state index contributed by atoms with van der Waals surface area (Å²) in [5.41, 5.74) is 0. The Balaban J connectivity index is 4.29. The Bertz CT molecular complexity index is 1010. The van der Waals surface area contributed by atoms with Gasteiger partial charge in [-0.1, -0.05) is 146 Å². The van der Waals surface area contributed by atoms with E-state index < -0.39 is 24.1 Å². The molecule has 306 valence electrons. The van der Waals surface area contributed by atoms with E-state index in [0.29, 0.717) is 12.8 Å². The highest BCUT2D eigenvalue weighted by Crippen LogP contribution is 2.13. The minimum absolute atomic E-state index is 0.0231. The van der Waals surface area contributed by atoms with E-state index in [1.807, 2.05) is 27.2 Å². The van der Waals surface area contributed by atoms with E-state index in [-0.39, 0.29) is 36.7 Å². The lowest BCUT2D eigenvalue weighted by molar-refractivity contribution is -0.887. The minimum Gasteiger partial charge on any atom is -0.477 e. The molecule has 8 nitrogen and oxygen atoms in total. The van der Waals surface area contributed by atoms with Gasteiger partial charge >= 0.3 is 17.9 Å². The number of quaternary nitrogens is 1. The van der Waals surface area contributed by atoms with Gasteiger partial charge in [-0.3, -0.25) is 9.59 Å². The Labute approximate surface area is 325 Å². The molecule has 8 heteroatoms. The van der Waals surface area contributed by atoms with Gasteiger partial charge in [0.1, 0.15) is 6.61 Å². The van der Waals surface area contributed by atoms with Crippen LogP contribution in [0.4, 0.5) is 0 Å². The number of carbonyl (C=O) groups is 3. The molecule has 0 spiro atoms. The number of likely N-dealkylation sites (N-methyl/N-ethyl adjacent to an activating group) is 1. The molecule has 0 aromatic carbocycles. The average molecular weight is 747 g/mol. The highest BCUT2D eigenvalue weighted by Gasteiger charge is 2.31. The molecule has 0 aliphatic rings. The quantitative estimate of drug-likeness (QED) is 0.0292. The standard InChI is InChI=1S/C45H79NO7/c1-6-8-10-12-14-16-17-18-19-20-21-22-23-24-25-26-28-29-31-33-35-43(47)52-40-41(39-51-38-37-42(45(49)50)46(3,4)5)53-44(48)36-34-32-30-27-15-13-11-9-7-2/h9,11,15,21-22,27,32,34,41-42H,6-8,10,12-14,16-20,23-26,28-31,33,35-40H2,1-5H3/p+1/b11-9+,22-21+,27-15+,34-32+. The fourth-order valence-corrected chi connectivity index (χ4v) is 5.97. The summed E-state index contributed by atoms with van der Waals surface area (Å²) in [7, 11) is 5.49. The summed E-state index contributed by atoms with van der Waals surface area (Å²) in [6, 6.07) is -0.628. The Morgan fingerprint density at radius 3 is 1.64 bits per heavy atom. The molecule has 2 unspecified atom stereocenters. The average Bonchev–Trinajstić information content (AvgIpc) is 3.11. The first-order chi connectivity index (χ1) is 25.6. The van der Waals surface area contributed by atoms with Gasteiger partial charge in [-0.05, 0) is 51.4 Å². The topological polar surface area (TPSA) is 99.1 Å². The first kappa shape index (κ1) is 50.3. The van der Waals surface area contributed by atoms with Crippen molar-refractivity contribution in [3.05, 3.63) is 48.6 Å². The maximum absolute atomic E-state index is 12.6. The Hall–Kier alpha value is -2.71. The second-order valence-electron chi connectivity index (χ2n) is 15.2. The van der Waals surface area contributed by atoms with Crippen molar-refractivity contribution in [2.75, 3.05) is 41.0 Å². The third kappa shape index (κ3) is 34.8. The smallest absolute Gasteiger partial charge is 0.362 e. The zero-order valence-electron chi connectivity index (χ0n) is 34.7. The lowest BCUT2D eigenvalue weighted by Crippen LogP contribution is -2.50. The van der Waals surface area contributed by atoms with Gasteiger partial charge in [-0.15, -0.1) is 0 Å². The summed E-state index contributed by atoms with van der Waals surface area (Å²) in [6.45, 7) is 4.49. The third-order valence-electron chi connectivity index (χ3n) is 9.25. The van der Waals surface area contributed by atoms with Crippen molar-refractivity contribution in [2.45, 2.75) is 180 Å². The molecule has 1 N–H and O–H groups in total. The van der Waals surface area contributed by atoms with Crippen molar-refractivity contribution in [2.24, 2.45) is 0 Å². The number of allylic oxidation sites excluding steroid dienone is 7. The molecule has 0 fully saturated rings. The predicted octanol–water partition coefficient (Wildman–Crippen LogP) is 11.2. The summed E-state index contributed by atoms with van der Waals surface area (Å²) in [5.74, 6) is -1.63. The summed E-state index contributed by atoms with van der Waals surface area (Å²) in [6.07, 6.45) is 42.1. The molecule has 0 aliphatic heterocycles. The normalized spacial score (nSPS) is 13.5. The number of rotatable bonds is 37. The molecule has 0 aromatic heterocycles. The molecule has 0 heterocycles. The van der Waals surface area contributed by atoms with Crippen LogP contribution in [-0.2, 0) is 28.6 Å². The van der Waals surface area contributed by atoms with E-state index in [9.17, 15) is 19.5 Å². The van der Waals surface area contributed by atoms with E-state index in [2.05, 4.69) is 50.3 Å². The van der Waals surface area contributed by atoms with Crippen molar-refractivity contribution < 1.29 is 38.2 Å². The minimum atomic E-state index is -0.889. The highest BCUT2D eigenvalue weighted by atomic mass is 16.6. The fourth-order valence-electron chi connectivity index (χ4n) is 5.97. The van der Waals surface area contributed by atoms with Gasteiger partial charge < -0.3 is 23.8 Å². The summed E-state index contributed by atoms with van der Waals surface area (Å²) < 4.78 is 17.1. The van der Waals surface area contributed by atoms with Gasteiger partial charge in [0.05, 0.1) is 40.8 Å². The van der Waals surface area contributed by atoms with Gasteiger partial charge in [0.25, 0.3) is 0 Å². The Kier molecular flexibility index (Phi) is 34.4. The molecule has 0 saturated heterocycles. The summed E-state index contributed by atoms with van der Waals surface area (Å²) in [4.78, 5) is 36.7. The van der Waals surface area contributed by atoms with Crippen LogP contribution in [0, 0.1) is 0 Å². The van der Waals surface area contributed by atoms with E-state index in [0.717, 1.165) is 38.5 Å². The number of hydrogen-bond donors (Lipinski definition) is 1. The van der Waals surface area contributed by atoms with E-state index >= 15 is 0 Å². The lowest BCUT2D eigenvalue weighted by Gasteiger charge is -2.31. The Morgan fingerprint density at radius 2 is 1.11 bits per heavy atom. The molecule has 0 aromatic rings. The maximum atomic E-state index is 12.6. The van der Waals surface area contributed by atoms with Crippen LogP contribution in [-0.4, -0.2) is 80.6 Å². The van der Waals surface area contributed by atoms with Crippen LogP contribution in [0.25, 0.3) is 0 Å². The molecule has 0 saturated carbocycles. The number of carboxylic acid groups (broad SMARTS) is 1. The molecule has 0 radical (unpaired) electrons. The van der Waals surface area contributed by atoms with E-state index in [1.165, 1.54) is 96.3 Å². The van der Waals surface area contributed by atoms with Crippen LogP contribution in [0.2, 0.25) is 0 Å². The monoisotopic (exact) mass is 747 g/mol. The van der Waals surface area contributed by atoms with Gasteiger partial charge in [0.15, 0.2) is 12.1 Å². The molecule has 0 bridgehead atoms. The van der Waals surface area contributed by atoms with Gasteiger partial charge in [0, 0.05) is 12.8 Å². The van der Waals surface area contributed by atoms with E-state index in [1.54, 1.807) is 6.08 Å². The number of unbranched alkanes of at least 4 members (excludes halogenated alkanes) is 16. The number of aliphatic carboxylic acids is 1. The lowest BCUT2D eigenvalue weighted by atomic mass is 10.1. The first-order valence-electron chi connectivity index (χ1n) is 21.2. The predicted molar refractivity (Wildman–Crippen MR) is 220 cm³/mol. The van der Waals surface area contributed by atoms with Crippen molar-refractivity contribution >= 4 is 17.9 Å². The summed E-state index contributed by atoms with van der Waals surface area (Å²) in [5, 5.41) is 9.58. The number of hydrogen-bond acceptors (Lipinski definition) is 6. The van der Waals surface area contributed by atoms with Crippen LogP contribution in [0.15, 0.2) is 48.6 Å². The molecular weight excluding hydrogens is 666 g/mol. The second kappa shape index (κ2) is 36.3. The SMILES string of the molecule is CC/C=C/C/C=C/C/C=C/CC(=O)OC(COCCC(C(=O)O)[N+](C)(C)C)COC(=O)CCCCCCCCC/C=C/CCCCCCCCCCC. The van der Waals surface area contributed by atoms with E-state index in [4.69, 9.17) is 14.2 Å². The molecular formula is C45H80NO7+. The second-order valence-corrected chi connectivity index (χ2v) is 15.2. The largest absolute Gasteiger partial charge is 0.477 e.